The van der Waals surface area contributed by atoms with Crippen LogP contribution in [0.15, 0.2) is 53.7 Å². The molecule has 0 aliphatic rings. The Bertz CT molecular complexity index is 1120. The predicted octanol–water partition coefficient (Wildman–Crippen LogP) is 2.97. The highest BCUT2D eigenvalue weighted by Crippen LogP contribution is 2.25. The van der Waals surface area contributed by atoms with Gasteiger partial charge in [-0.1, -0.05) is 23.9 Å². The summed E-state index contributed by atoms with van der Waals surface area (Å²) in [5.74, 6) is -0.519. The fraction of sp³-hybridized carbons (Fsp3) is 0.200. The van der Waals surface area contributed by atoms with E-state index in [1.807, 2.05) is 0 Å². The Hall–Kier alpha value is -3.60. The number of nitro benzene ring substituents is 1. The van der Waals surface area contributed by atoms with Crippen molar-refractivity contribution in [2.75, 3.05) is 12.3 Å². The van der Waals surface area contributed by atoms with Crippen molar-refractivity contribution in [3.63, 3.8) is 0 Å². The second kappa shape index (κ2) is 9.94. The van der Waals surface area contributed by atoms with Crippen LogP contribution in [0.25, 0.3) is 5.69 Å². The number of thioether (sulfide) groups is 1. The van der Waals surface area contributed by atoms with Crippen molar-refractivity contribution in [1.82, 2.24) is 20.1 Å². The standard InChI is InChI=1S/C20H18FN5O4S/c1-13(27)22-11-10-19-23-24-20(25(19)17-5-3-2-4-16(17)21)31-12-18(28)14-6-8-15(9-7-14)26(29)30/h2-9H,10-12H2,1H3,(H,22,27). The summed E-state index contributed by atoms with van der Waals surface area (Å²) in [6.45, 7) is 1.70. The number of nitrogens with one attached hydrogen (secondary N) is 1. The molecule has 31 heavy (non-hydrogen) atoms. The van der Waals surface area contributed by atoms with Crippen LogP contribution in [0, 0.1) is 15.9 Å². The second-order valence-corrected chi connectivity index (χ2v) is 7.38. The molecule has 3 rings (SSSR count). The van der Waals surface area contributed by atoms with E-state index in [4.69, 9.17) is 0 Å². The molecule has 1 N–H and O–H groups in total. The van der Waals surface area contributed by atoms with E-state index in [9.17, 15) is 24.1 Å². The van der Waals surface area contributed by atoms with Crippen LogP contribution < -0.4 is 5.32 Å². The predicted molar refractivity (Wildman–Crippen MR) is 112 cm³/mol. The van der Waals surface area contributed by atoms with Crippen molar-refractivity contribution in [2.24, 2.45) is 0 Å². The van der Waals surface area contributed by atoms with E-state index in [1.165, 1.54) is 41.8 Å². The molecule has 0 fully saturated rings. The molecular weight excluding hydrogens is 425 g/mol. The first-order valence-corrected chi connectivity index (χ1v) is 10.2. The molecule has 0 aliphatic carbocycles. The lowest BCUT2D eigenvalue weighted by atomic mass is 10.1. The summed E-state index contributed by atoms with van der Waals surface area (Å²) in [5, 5.41) is 21.9. The molecule has 2 aromatic carbocycles. The minimum absolute atomic E-state index is 0.0178. The van der Waals surface area contributed by atoms with Gasteiger partial charge in [-0.3, -0.25) is 24.3 Å². The number of halogens is 1. The average Bonchev–Trinajstić information content (AvgIpc) is 3.14. The van der Waals surface area contributed by atoms with Gasteiger partial charge in [-0.25, -0.2) is 4.39 Å². The van der Waals surface area contributed by atoms with Crippen LogP contribution in [-0.2, 0) is 11.2 Å². The summed E-state index contributed by atoms with van der Waals surface area (Å²) >= 11 is 1.08. The number of nitrogens with zero attached hydrogens (tertiary/aromatic N) is 4. The number of non-ortho nitro benzene ring substituents is 1. The number of ketones is 1. The highest BCUT2D eigenvalue weighted by molar-refractivity contribution is 7.99. The number of hydrogen-bond acceptors (Lipinski definition) is 7. The van der Waals surface area contributed by atoms with Gasteiger partial charge in [0.15, 0.2) is 10.9 Å². The summed E-state index contributed by atoms with van der Waals surface area (Å²) in [4.78, 5) is 33.8. The first-order chi connectivity index (χ1) is 14.9. The fourth-order valence-corrected chi connectivity index (χ4v) is 3.62. The molecule has 1 amide bonds. The quantitative estimate of drug-likeness (QED) is 0.234. The summed E-state index contributed by atoms with van der Waals surface area (Å²) < 4.78 is 16.0. The molecule has 3 aromatic rings. The normalized spacial score (nSPS) is 10.6. The molecule has 0 unspecified atom stereocenters. The number of hydrogen-bond donors (Lipinski definition) is 1. The van der Waals surface area contributed by atoms with Crippen LogP contribution in [0.2, 0.25) is 0 Å². The van der Waals surface area contributed by atoms with Gasteiger partial charge < -0.3 is 5.32 Å². The van der Waals surface area contributed by atoms with E-state index in [0.717, 1.165) is 11.8 Å². The first kappa shape index (κ1) is 22.1. The van der Waals surface area contributed by atoms with Gasteiger partial charge in [0, 0.05) is 37.6 Å². The van der Waals surface area contributed by atoms with Crippen molar-refractivity contribution in [3.05, 3.63) is 75.9 Å². The Morgan fingerprint density at radius 2 is 1.87 bits per heavy atom. The lowest BCUT2D eigenvalue weighted by Gasteiger charge is -2.11. The van der Waals surface area contributed by atoms with Crippen LogP contribution in [0.3, 0.4) is 0 Å². The summed E-state index contributed by atoms with van der Waals surface area (Å²) in [5.41, 5.74) is 0.448. The number of rotatable bonds is 9. The maximum atomic E-state index is 14.5. The van der Waals surface area contributed by atoms with Gasteiger partial charge in [0.1, 0.15) is 11.6 Å². The zero-order valence-electron chi connectivity index (χ0n) is 16.4. The number of amides is 1. The third kappa shape index (κ3) is 5.51. The van der Waals surface area contributed by atoms with Gasteiger partial charge in [-0.05, 0) is 24.3 Å². The number of benzene rings is 2. The number of Topliss-reactive ketones (excluding diaryl/α,β-unsaturated/α-hetero) is 1. The van der Waals surface area contributed by atoms with Crippen molar-refractivity contribution >= 4 is 29.1 Å². The Morgan fingerprint density at radius 1 is 1.16 bits per heavy atom. The molecule has 0 aliphatic heterocycles. The van der Waals surface area contributed by atoms with Crippen LogP contribution >= 0.6 is 11.8 Å². The molecule has 1 aromatic heterocycles. The lowest BCUT2D eigenvalue weighted by molar-refractivity contribution is -0.384. The van der Waals surface area contributed by atoms with E-state index < -0.39 is 10.7 Å². The maximum absolute atomic E-state index is 14.5. The minimum Gasteiger partial charge on any atom is -0.356 e. The average molecular weight is 443 g/mol. The van der Waals surface area contributed by atoms with Crippen molar-refractivity contribution in [1.29, 1.82) is 0 Å². The molecule has 9 nitrogen and oxygen atoms in total. The van der Waals surface area contributed by atoms with Crippen LogP contribution in [-0.4, -0.2) is 43.7 Å². The third-order valence-electron chi connectivity index (χ3n) is 4.25. The molecule has 0 radical (unpaired) electrons. The molecular formula is C20H18FN5O4S. The molecule has 0 spiro atoms. The molecule has 0 bridgehead atoms. The highest BCUT2D eigenvalue weighted by Gasteiger charge is 2.19. The Morgan fingerprint density at radius 3 is 2.52 bits per heavy atom. The summed E-state index contributed by atoms with van der Waals surface area (Å²) in [6, 6.07) is 11.4. The van der Waals surface area contributed by atoms with E-state index in [0.29, 0.717) is 29.5 Å². The van der Waals surface area contributed by atoms with Crippen LogP contribution in [0.1, 0.15) is 23.1 Å². The van der Waals surface area contributed by atoms with Crippen molar-refractivity contribution < 1.29 is 18.9 Å². The SMILES string of the molecule is CC(=O)NCCc1nnc(SCC(=O)c2ccc([N+](=O)[O-])cc2)n1-c1ccccc1F. The van der Waals surface area contributed by atoms with E-state index in [2.05, 4.69) is 15.5 Å². The number of para-hydroxylation sites is 1. The first-order valence-electron chi connectivity index (χ1n) is 9.21. The lowest BCUT2D eigenvalue weighted by Crippen LogP contribution is -2.23. The highest BCUT2D eigenvalue weighted by atomic mass is 32.2. The molecule has 1 heterocycles. The smallest absolute Gasteiger partial charge is 0.269 e. The fourth-order valence-electron chi connectivity index (χ4n) is 2.76. The Labute approximate surface area is 180 Å². The third-order valence-corrected chi connectivity index (χ3v) is 5.18. The van der Waals surface area contributed by atoms with E-state index in [1.54, 1.807) is 18.2 Å². The molecule has 0 saturated heterocycles. The maximum Gasteiger partial charge on any atom is 0.269 e. The second-order valence-electron chi connectivity index (χ2n) is 6.43. The summed E-state index contributed by atoms with van der Waals surface area (Å²) in [7, 11) is 0. The van der Waals surface area contributed by atoms with Gasteiger partial charge in [-0.2, -0.15) is 0 Å². The molecule has 0 atom stereocenters. The Kier molecular flexibility index (Phi) is 7.08. The molecule has 0 saturated carbocycles. The van der Waals surface area contributed by atoms with Gasteiger partial charge in [0.05, 0.1) is 16.4 Å². The van der Waals surface area contributed by atoms with Gasteiger partial charge >= 0.3 is 0 Å². The van der Waals surface area contributed by atoms with Gasteiger partial charge in [-0.15, -0.1) is 10.2 Å². The van der Waals surface area contributed by atoms with E-state index in [-0.39, 0.29) is 28.8 Å². The van der Waals surface area contributed by atoms with Crippen molar-refractivity contribution in [3.8, 4) is 5.69 Å². The molecule has 11 heteroatoms. The number of aromatic nitrogens is 3. The Balaban J connectivity index is 1.81. The van der Waals surface area contributed by atoms with Gasteiger partial charge in [0.25, 0.3) is 5.69 Å². The zero-order chi connectivity index (χ0) is 22.4. The summed E-state index contributed by atoms with van der Waals surface area (Å²) in [6.07, 6.45) is 0.317. The van der Waals surface area contributed by atoms with Gasteiger partial charge in [0.2, 0.25) is 5.91 Å². The number of nitro groups is 1. The van der Waals surface area contributed by atoms with Crippen molar-refractivity contribution in [2.45, 2.75) is 18.5 Å². The van der Waals surface area contributed by atoms with Crippen LogP contribution in [0.5, 0.6) is 0 Å². The van der Waals surface area contributed by atoms with Crippen LogP contribution in [0.4, 0.5) is 10.1 Å². The molecule has 160 valence electrons. The number of carbonyl (C=O) groups excluding carboxylic acids is 2. The topological polar surface area (TPSA) is 120 Å². The largest absolute Gasteiger partial charge is 0.356 e. The van der Waals surface area contributed by atoms with E-state index >= 15 is 0 Å². The number of carbonyl (C=O) groups is 2. The zero-order valence-corrected chi connectivity index (χ0v) is 17.3. The minimum atomic E-state index is -0.539. The monoisotopic (exact) mass is 443 g/mol.